The highest BCUT2D eigenvalue weighted by atomic mass is 32.2. The van der Waals surface area contributed by atoms with Crippen molar-refractivity contribution < 1.29 is 21.6 Å². The van der Waals surface area contributed by atoms with Gasteiger partial charge in [-0.05, 0) is 30.5 Å². The Morgan fingerprint density at radius 1 is 1.36 bits per heavy atom. The third-order valence-electron chi connectivity index (χ3n) is 4.15. The summed E-state index contributed by atoms with van der Waals surface area (Å²) in [5.74, 6) is -0.204. The Balaban J connectivity index is 2.19. The average Bonchev–Trinajstić information content (AvgIpc) is 2.92. The van der Waals surface area contributed by atoms with Crippen molar-refractivity contribution in [1.29, 1.82) is 0 Å². The van der Waals surface area contributed by atoms with E-state index in [1.807, 2.05) is 13.8 Å². The summed E-state index contributed by atoms with van der Waals surface area (Å²) in [4.78, 5) is 14.0. The molecule has 7 nitrogen and oxygen atoms in total. The second kappa shape index (κ2) is 7.43. The van der Waals surface area contributed by atoms with Gasteiger partial charge < -0.3 is 4.90 Å². The minimum Gasteiger partial charge on any atom is -0.338 e. The van der Waals surface area contributed by atoms with Gasteiger partial charge in [0.05, 0.1) is 16.4 Å². The number of nitrogens with one attached hydrogen (secondary N) is 1. The summed E-state index contributed by atoms with van der Waals surface area (Å²) in [6, 6.07) is 5.42. The van der Waals surface area contributed by atoms with Crippen LogP contribution in [0.3, 0.4) is 0 Å². The number of benzene rings is 1. The molecule has 1 aromatic carbocycles. The molecule has 0 radical (unpaired) electrons. The minimum absolute atomic E-state index is 0.0199. The number of carbonyl (C=O) groups excluding carboxylic acids is 1. The smallest absolute Gasteiger partial charge is 0.253 e. The van der Waals surface area contributed by atoms with Gasteiger partial charge in [0.15, 0.2) is 9.84 Å². The van der Waals surface area contributed by atoms with Gasteiger partial charge in [-0.15, -0.1) is 0 Å². The van der Waals surface area contributed by atoms with E-state index in [4.69, 9.17) is 0 Å². The molecule has 0 spiro atoms. The zero-order valence-corrected chi connectivity index (χ0v) is 16.2. The van der Waals surface area contributed by atoms with Gasteiger partial charge in [0.2, 0.25) is 10.0 Å². The van der Waals surface area contributed by atoms with Gasteiger partial charge in [-0.25, -0.2) is 21.6 Å². The molecule has 1 aromatic rings. The molecule has 1 unspecified atom stereocenters. The van der Waals surface area contributed by atoms with Crippen molar-refractivity contribution in [2.45, 2.75) is 31.2 Å². The van der Waals surface area contributed by atoms with E-state index in [0.717, 1.165) is 0 Å². The first-order chi connectivity index (χ1) is 11.5. The van der Waals surface area contributed by atoms with Crippen LogP contribution in [-0.2, 0) is 19.9 Å². The van der Waals surface area contributed by atoms with Gasteiger partial charge in [0.25, 0.3) is 5.91 Å². The molecule has 0 aromatic heterocycles. The van der Waals surface area contributed by atoms with Gasteiger partial charge in [-0.2, -0.15) is 0 Å². The summed E-state index contributed by atoms with van der Waals surface area (Å²) in [5.41, 5.74) is 0.221. The predicted octanol–water partition coefficient (Wildman–Crippen LogP) is 0.880. The van der Waals surface area contributed by atoms with Gasteiger partial charge >= 0.3 is 0 Å². The number of amides is 1. The Bertz CT molecular complexity index is 847. The lowest BCUT2D eigenvalue weighted by Crippen LogP contribution is -2.38. The van der Waals surface area contributed by atoms with Crippen molar-refractivity contribution >= 4 is 25.8 Å². The lowest BCUT2D eigenvalue weighted by atomic mass is 10.1. The second-order valence-electron chi connectivity index (χ2n) is 6.75. The molecule has 2 rings (SSSR count). The van der Waals surface area contributed by atoms with Crippen LogP contribution in [0.4, 0.5) is 0 Å². The highest BCUT2D eigenvalue weighted by Gasteiger charge is 2.33. The monoisotopic (exact) mass is 388 g/mol. The molecule has 0 bridgehead atoms. The van der Waals surface area contributed by atoms with Crippen molar-refractivity contribution in [3.05, 3.63) is 29.8 Å². The molecule has 0 saturated carbocycles. The molecule has 1 aliphatic heterocycles. The number of hydrogen-bond donors (Lipinski definition) is 1. The molecule has 9 heteroatoms. The Morgan fingerprint density at radius 3 is 2.60 bits per heavy atom. The molecule has 0 aliphatic carbocycles. The average molecular weight is 389 g/mol. The highest BCUT2D eigenvalue weighted by Crippen LogP contribution is 2.20. The molecule has 1 fully saturated rings. The van der Waals surface area contributed by atoms with E-state index in [9.17, 15) is 21.6 Å². The van der Waals surface area contributed by atoms with Gasteiger partial charge in [0.1, 0.15) is 0 Å². The van der Waals surface area contributed by atoms with Crippen LogP contribution in [0.1, 0.15) is 30.6 Å². The zero-order chi connectivity index (χ0) is 18.8. The summed E-state index contributed by atoms with van der Waals surface area (Å²) >= 11 is 0. The Morgan fingerprint density at radius 2 is 2.04 bits per heavy atom. The van der Waals surface area contributed by atoms with Crippen LogP contribution in [0.5, 0.6) is 0 Å². The fourth-order valence-electron chi connectivity index (χ4n) is 2.61. The number of nitrogens with zero attached hydrogens (tertiary/aromatic N) is 1. The molecule has 1 saturated heterocycles. The maximum Gasteiger partial charge on any atom is 0.253 e. The number of sulfonamides is 1. The van der Waals surface area contributed by atoms with Crippen molar-refractivity contribution in [2.24, 2.45) is 5.92 Å². The number of rotatable bonds is 6. The molecule has 140 valence electrons. The van der Waals surface area contributed by atoms with E-state index in [1.165, 1.54) is 29.2 Å². The number of carbonyl (C=O) groups is 1. The first kappa shape index (κ1) is 19.9. The van der Waals surface area contributed by atoms with E-state index in [0.29, 0.717) is 13.0 Å². The zero-order valence-electron chi connectivity index (χ0n) is 14.6. The van der Waals surface area contributed by atoms with Crippen molar-refractivity contribution in [3.63, 3.8) is 0 Å². The van der Waals surface area contributed by atoms with Gasteiger partial charge in [-0.3, -0.25) is 4.79 Å². The van der Waals surface area contributed by atoms with E-state index >= 15 is 0 Å². The number of hydrogen-bond acceptors (Lipinski definition) is 5. The second-order valence-corrected chi connectivity index (χ2v) is 10.7. The molecular weight excluding hydrogens is 364 g/mol. The fraction of sp³-hybridized carbons (Fsp3) is 0.562. The molecule has 1 heterocycles. The molecule has 1 amide bonds. The summed E-state index contributed by atoms with van der Waals surface area (Å²) in [5, 5.41) is 0. The van der Waals surface area contributed by atoms with Crippen LogP contribution in [0.2, 0.25) is 0 Å². The van der Waals surface area contributed by atoms with E-state index in [1.54, 1.807) is 7.05 Å². The van der Waals surface area contributed by atoms with Crippen LogP contribution >= 0.6 is 0 Å². The maximum absolute atomic E-state index is 12.6. The molecule has 1 aliphatic rings. The topological polar surface area (TPSA) is 101 Å². The minimum atomic E-state index is -3.69. The third-order valence-corrected chi connectivity index (χ3v) is 7.32. The molecular formula is C16H24N2O5S2. The van der Waals surface area contributed by atoms with Crippen molar-refractivity contribution in [3.8, 4) is 0 Å². The summed E-state index contributed by atoms with van der Waals surface area (Å²) < 4.78 is 50.3. The molecule has 1 atom stereocenters. The van der Waals surface area contributed by atoms with E-state index < -0.39 is 19.9 Å². The van der Waals surface area contributed by atoms with Crippen LogP contribution < -0.4 is 4.72 Å². The van der Waals surface area contributed by atoms with E-state index in [-0.39, 0.29) is 39.8 Å². The Labute approximate surface area is 149 Å². The molecule has 25 heavy (non-hydrogen) atoms. The number of sulfone groups is 1. The maximum atomic E-state index is 12.6. The van der Waals surface area contributed by atoms with Crippen LogP contribution in [0.15, 0.2) is 29.2 Å². The SMILES string of the molecule is CC(C)CNS(=O)(=O)c1cccc(C(=O)N(C)C2CCS(=O)(=O)C2)c1. The summed E-state index contributed by atoms with van der Waals surface area (Å²) in [7, 11) is -5.25. The lowest BCUT2D eigenvalue weighted by molar-refractivity contribution is 0.0747. The van der Waals surface area contributed by atoms with Crippen molar-refractivity contribution in [2.75, 3.05) is 25.1 Å². The lowest BCUT2D eigenvalue weighted by Gasteiger charge is -2.23. The largest absolute Gasteiger partial charge is 0.338 e. The summed E-state index contributed by atoms with van der Waals surface area (Å²) in [6.45, 7) is 4.10. The fourth-order valence-corrected chi connectivity index (χ4v) is 5.64. The Hall–Kier alpha value is -1.45. The first-order valence-electron chi connectivity index (χ1n) is 8.09. The van der Waals surface area contributed by atoms with Crippen LogP contribution in [0.25, 0.3) is 0 Å². The van der Waals surface area contributed by atoms with Crippen molar-refractivity contribution in [1.82, 2.24) is 9.62 Å². The quantitative estimate of drug-likeness (QED) is 0.780. The standard InChI is InChI=1S/C16H24N2O5S2/c1-12(2)10-17-25(22,23)15-6-4-5-13(9-15)16(19)18(3)14-7-8-24(20,21)11-14/h4-6,9,12,14,17H,7-8,10-11H2,1-3H3. The normalized spacial score (nSPS) is 19.9. The van der Waals surface area contributed by atoms with Crippen LogP contribution in [0, 0.1) is 5.92 Å². The third kappa shape index (κ3) is 5.02. The van der Waals surface area contributed by atoms with E-state index in [2.05, 4.69) is 4.72 Å². The van der Waals surface area contributed by atoms with Crippen LogP contribution in [-0.4, -0.2) is 58.8 Å². The van der Waals surface area contributed by atoms with Gasteiger partial charge in [0, 0.05) is 25.2 Å². The molecule has 1 N–H and O–H groups in total. The first-order valence-corrected chi connectivity index (χ1v) is 11.4. The predicted molar refractivity (Wildman–Crippen MR) is 95.6 cm³/mol. The Kier molecular flexibility index (Phi) is 5.90. The summed E-state index contributed by atoms with van der Waals surface area (Å²) in [6.07, 6.45) is 0.401. The van der Waals surface area contributed by atoms with Gasteiger partial charge in [-0.1, -0.05) is 19.9 Å². The highest BCUT2D eigenvalue weighted by molar-refractivity contribution is 7.91.